The lowest BCUT2D eigenvalue weighted by atomic mass is 9.99. The minimum Gasteiger partial charge on any atom is -0.348 e. The molecule has 4 heteroatoms. The van der Waals surface area contributed by atoms with Crippen LogP contribution in [0.2, 0.25) is 0 Å². The molecule has 0 aliphatic heterocycles. The van der Waals surface area contributed by atoms with E-state index in [0.717, 1.165) is 41.8 Å². The zero-order chi connectivity index (χ0) is 21.2. The molecule has 0 saturated carbocycles. The molecule has 0 saturated heterocycles. The van der Waals surface area contributed by atoms with Gasteiger partial charge in [-0.3, -0.25) is 9.89 Å². The van der Waals surface area contributed by atoms with Gasteiger partial charge in [0.2, 0.25) is 0 Å². The molecule has 1 heterocycles. The fourth-order valence-corrected chi connectivity index (χ4v) is 4.37. The lowest BCUT2D eigenvalue weighted by Crippen LogP contribution is -2.23. The molecule has 1 amide bonds. The molecule has 1 aliphatic rings. The van der Waals surface area contributed by atoms with E-state index in [-0.39, 0.29) is 5.91 Å². The molecule has 0 fully saturated rings. The maximum atomic E-state index is 12.6. The van der Waals surface area contributed by atoms with Gasteiger partial charge >= 0.3 is 0 Å². The van der Waals surface area contributed by atoms with Crippen LogP contribution in [0.3, 0.4) is 0 Å². The molecule has 0 atom stereocenters. The van der Waals surface area contributed by atoms with Crippen LogP contribution in [0.1, 0.15) is 39.0 Å². The average molecular weight is 408 g/mol. The van der Waals surface area contributed by atoms with Crippen molar-refractivity contribution in [1.29, 1.82) is 0 Å². The van der Waals surface area contributed by atoms with E-state index in [1.807, 2.05) is 42.5 Å². The minimum atomic E-state index is -0.0652. The van der Waals surface area contributed by atoms with Crippen molar-refractivity contribution in [3.8, 4) is 22.5 Å². The second-order valence-corrected chi connectivity index (χ2v) is 8.12. The fraction of sp³-hybridized carbons (Fsp3) is 0.185. The van der Waals surface area contributed by atoms with Crippen LogP contribution in [-0.2, 0) is 19.4 Å². The van der Waals surface area contributed by atoms with Gasteiger partial charge in [-0.2, -0.15) is 5.10 Å². The van der Waals surface area contributed by atoms with Gasteiger partial charge in [0.25, 0.3) is 5.91 Å². The number of aromatic nitrogens is 2. The quantitative estimate of drug-likeness (QED) is 0.471. The van der Waals surface area contributed by atoms with E-state index in [1.165, 1.54) is 22.3 Å². The maximum absolute atomic E-state index is 12.6. The van der Waals surface area contributed by atoms with Crippen molar-refractivity contribution >= 4 is 5.91 Å². The summed E-state index contributed by atoms with van der Waals surface area (Å²) in [6.45, 7) is 2.58. The van der Waals surface area contributed by atoms with Crippen molar-refractivity contribution in [2.24, 2.45) is 0 Å². The number of amides is 1. The summed E-state index contributed by atoms with van der Waals surface area (Å²) in [5.74, 6) is -0.0652. The molecule has 0 spiro atoms. The predicted molar refractivity (Wildman–Crippen MR) is 124 cm³/mol. The highest BCUT2D eigenvalue weighted by atomic mass is 16.1. The Morgan fingerprint density at radius 3 is 2.58 bits per heavy atom. The maximum Gasteiger partial charge on any atom is 0.251 e. The molecular weight excluding hydrogens is 382 g/mol. The van der Waals surface area contributed by atoms with Crippen LogP contribution in [0.25, 0.3) is 22.5 Å². The predicted octanol–water partition coefficient (Wildman–Crippen LogP) is 5.47. The number of carbonyl (C=O) groups excluding carboxylic acids is 1. The monoisotopic (exact) mass is 407 g/mol. The average Bonchev–Trinajstić information content (AvgIpc) is 3.13. The third-order valence-electron chi connectivity index (χ3n) is 6.15. The summed E-state index contributed by atoms with van der Waals surface area (Å²) in [5.41, 5.74) is 10.0. The summed E-state index contributed by atoms with van der Waals surface area (Å²) in [6, 6.07) is 24.4. The minimum absolute atomic E-state index is 0.0652. The number of H-pyrrole nitrogens is 1. The van der Waals surface area contributed by atoms with E-state index in [4.69, 9.17) is 0 Å². The zero-order valence-electron chi connectivity index (χ0n) is 17.6. The van der Waals surface area contributed by atoms with E-state index in [2.05, 4.69) is 52.8 Å². The fourth-order valence-electron chi connectivity index (χ4n) is 4.37. The largest absolute Gasteiger partial charge is 0.348 e. The second-order valence-electron chi connectivity index (χ2n) is 8.12. The number of aryl methyl sites for hydroxylation is 2. The summed E-state index contributed by atoms with van der Waals surface area (Å²) >= 11 is 0. The van der Waals surface area contributed by atoms with E-state index in [1.54, 1.807) is 0 Å². The highest BCUT2D eigenvalue weighted by Crippen LogP contribution is 2.36. The molecule has 154 valence electrons. The zero-order valence-corrected chi connectivity index (χ0v) is 17.6. The van der Waals surface area contributed by atoms with Crippen LogP contribution in [0.4, 0.5) is 0 Å². The number of fused-ring (bicyclic) bond motifs is 3. The molecule has 31 heavy (non-hydrogen) atoms. The summed E-state index contributed by atoms with van der Waals surface area (Å²) in [4.78, 5) is 12.6. The van der Waals surface area contributed by atoms with Crippen LogP contribution in [0.15, 0.2) is 72.8 Å². The molecule has 0 radical (unpaired) electrons. The van der Waals surface area contributed by atoms with Gasteiger partial charge in [-0.05, 0) is 55.0 Å². The normalized spacial score (nSPS) is 12.5. The van der Waals surface area contributed by atoms with Crippen LogP contribution in [0.5, 0.6) is 0 Å². The third kappa shape index (κ3) is 3.77. The van der Waals surface area contributed by atoms with Gasteiger partial charge < -0.3 is 5.32 Å². The molecule has 0 unspecified atom stereocenters. The Labute approximate surface area is 182 Å². The number of nitrogens with one attached hydrogen (secondary N) is 2. The summed E-state index contributed by atoms with van der Waals surface area (Å²) in [6.07, 6.45) is 3.18. The lowest BCUT2D eigenvalue weighted by Gasteiger charge is -2.09. The SMILES string of the molecule is Cc1ccccc1CNC(=O)c1ccc(-c2n[nH]c3c2CCCc2ccccc2-3)cc1. The van der Waals surface area contributed by atoms with Gasteiger partial charge in [-0.25, -0.2) is 0 Å². The number of aromatic amines is 1. The van der Waals surface area contributed by atoms with E-state index in [0.29, 0.717) is 12.1 Å². The highest BCUT2D eigenvalue weighted by Gasteiger charge is 2.21. The van der Waals surface area contributed by atoms with Crippen LogP contribution in [-0.4, -0.2) is 16.1 Å². The Morgan fingerprint density at radius 2 is 1.74 bits per heavy atom. The molecular formula is C27H25N3O. The number of hydrogen-bond donors (Lipinski definition) is 2. The van der Waals surface area contributed by atoms with Crippen molar-refractivity contribution < 1.29 is 4.79 Å². The molecule has 4 nitrogen and oxygen atoms in total. The molecule has 0 bridgehead atoms. The summed E-state index contributed by atoms with van der Waals surface area (Å²) in [7, 11) is 0. The molecule has 2 N–H and O–H groups in total. The van der Waals surface area contributed by atoms with Gasteiger partial charge in [-0.1, -0.05) is 60.7 Å². The number of rotatable bonds is 4. The third-order valence-corrected chi connectivity index (χ3v) is 6.15. The lowest BCUT2D eigenvalue weighted by molar-refractivity contribution is 0.0951. The number of hydrogen-bond acceptors (Lipinski definition) is 2. The molecule has 5 rings (SSSR count). The van der Waals surface area contributed by atoms with Gasteiger partial charge in [-0.15, -0.1) is 0 Å². The van der Waals surface area contributed by atoms with Gasteiger partial charge in [0.1, 0.15) is 0 Å². The van der Waals surface area contributed by atoms with E-state index >= 15 is 0 Å². The standard InChI is InChI=1S/C27H25N3O/c1-18-7-2-3-9-22(18)17-28-27(31)21-15-13-20(14-16-21)25-24-12-6-10-19-8-4-5-11-23(19)26(24)30-29-25/h2-5,7-9,11,13-16H,6,10,12,17H2,1H3,(H,28,31)(H,29,30). The number of carbonyl (C=O) groups is 1. The van der Waals surface area contributed by atoms with Gasteiger partial charge in [0.05, 0.1) is 11.4 Å². The van der Waals surface area contributed by atoms with E-state index < -0.39 is 0 Å². The second kappa shape index (κ2) is 8.23. The van der Waals surface area contributed by atoms with Crippen LogP contribution >= 0.6 is 0 Å². The van der Waals surface area contributed by atoms with E-state index in [9.17, 15) is 4.79 Å². The van der Waals surface area contributed by atoms with Crippen molar-refractivity contribution in [3.63, 3.8) is 0 Å². The molecule has 1 aromatic heterocycles. The molecule has 1 aliphatic carbocycles. The first-order valence-electron chi connectivity index (χ1n) is 10.8. The first kappa shape index (κ1) is 19.3. The number of benzene rings is 3. The Morgan fingerprint density at radius 1 is 0.968 bits per heavy atom. The van der Waals surface area contributed by atoms with Crippen molar-refractivity contribution in [1.82, 2.24) is 15.5 Å². The van der Waals surface area contributed by atoms with Crippen LogP contribution in [0, 0.1) is 6.92 Å². The Balaban J connectivity index is 1.36. The topological polar surface area (TPSA) is 57.8 Å². The smallest absolute Gasteiger partial charge is 0.251 e. The van der Waals surface area contributed by atoms with Crippen molar-refractivity contribution in [3.05, 3.63) is 101 Å². The summed E-state index contributed by atoms with van der Waals surface area (Å²) < 4.78 is 0. The van der Waals surface area contributed by atoms with Crippen molar-refractivity contribution in [2.45, 2.75) is 32.7 Å². The van der Waals surface area contributed by atoms with Gasteiger partial charge in [0.15, 0.2) is 0 Å². The molecule has 3 aromatic carbocycles. The van der Waals surface area contributed by atoms with Crippen LogP contribution < -0.4 is 5.32 Å². The highest BCUT2D eigenvalue weighted by molar-refractivity contribution is 5.94. The first-order chi connectivity index (χ1) is 15.2. The Kier molecular flexibility index (Phi) is 5.13. The summed E-state index contributed by atoms with van der Waals surface area (Å²) in [5, 5.41) is 10.9. The number of nitrogens with zero attached hydrogens (tertiary/aromatic N) is 1. The van der Waals surface area contributed by atoms with Crippen molar-refractivity contribution in [2.75, 3.05) is 0 Å². The first-order valence-corrected chi connectivity index (χ1v) is 10.8. The van der Waals surface area contributed by atoms with Gasteiger partial charge in [0, 0.05) is 28.8 Å². The Hall–Kier alpha value is -3.66. The Bertz CT molecular complexity index is 1240. The molecule has 4 aromatic rings.